The summed E-state index contributed by atoms with van der Waals surface area (Å²) in [5.74, 6) is -0.882. The van der Waals surface area contributed by atoms with Crippen LogP contribution in [0.3, 0.4) is 0 Å². The highest BCUT2D eigenvalue weighted by atomic mass is 35.5. The predicted octanol–water partition coefficient (Wildman–Crippen LogP) is 1.67. The minimum absolute atomic E-state index is 0.0732. The van der Waals surface area contributed by atoms with Gasteiger partial charge in [-0.1, -0.05) is 54.1 Å². The molecule has 2 amide bonds. The number of aliphatic hydroxyl groups excluding tert-OH is 1. The number of sulfonamides is 1. The van der Waals surface area contributed by atoms with Crippen LogP contribution in [0.15, 0.2) is 54.6 Å². The lowest BCUT2D eigenvalue weighted by Crippen LogP contribution is -2.53. The third kappa shape index (κ3) is 8.77. The molecule has 0 bridgehead atoms. The first-order chi connectivity index (χ1) is 15.6. The third-order valence-corrected chi connectivity index (χ3v) is 6.61. The molecule has 0 saturated heterocycles. The van der Waals surface area contributed by atoms with Crippen LogP contribution in [0.5, 0.6) is 0 Å². The maximum absolute atomic E-state index is 13.3. The summed E-state index contributed by atoms with van der Waals surface area (Å²) < 4.78 is 24.7. The summed E-state index contributed by atoms with van der Waals surface area (Å²) in [5.41, 5.74) is 1.60. The van der Waals surface area contributed by atoms with E-state index in [2.05, 4.69) is 5.32 Å². The molecular formula is C23H30ClN3O5S. The van der Waals surface area contributed by atoms with Crippen molar-refractivity contribution in [2.24, 2.45) is 0 Å². The molecule has 33 heavy (non-hydrogen) atoms. The molecule has 0 heterocycles. The average molecular weight is 496 g/mol. The van der Waals surface area contributed by atoms with E-state index in [-0.39, 0.29) is 32.0 Å². The fraction of sp³-hybridized carbons (Fsp3) is 0.391. The summed E-state index contributed by atoms with van der Waals surface area (Å²) in [5, 5.41) is 12.4. The second-order valence-corrected chi connectivity index (χ2v) is 10.3. The number of hydrogen-bond donors (Lipinski definition) is 2. The van der Waals surface area contributed by atoms with Crippen LogP contribution in [0.25, 0.3) is 0 Å². The van der Waals surface area contributed by atoms with Crippen molar-refractivity contribution < 1.29 is 23.1 Å². The van der Waals surface area contributed by atoms with Gasteiger partial charge in [0, 0.05) is 38.2 Å². The van der Waals surface area contributed by atoms with Gasteiger partial charge >= 0.3 is 0 Å². The van der Waals surface area contributed by atoms with Gasteiger partial charge in [-0.05, 0) is 29.7 Å². The Hall–Kier alpha value is -2.46. The summed E-state index contributed by atoms with van der Waals surface area (Å²) in [6, 6.07) is 15.3. The molecule has 0 saturated carbocycles. The van der Waals surface area contributed by atoms with E-state index in [1.54, 1.807) is 24.3 Å². The number of halogens is 1. The molecular weight excluding hydrogens is 466 g/mol. The van der Waals surface area contributed by atoms with E-state index in [0.29, 0.717) is 11.4 Å². The summed E-state index contributed by atoms with van der Waals surface area (Å²) in [6.07, 6.45) is 1.65. The van der Waals surface area contributed by atoms with Gasteiger partial charge in [-0.15, -0.1) is 0 Å². The minimum Gasteiger partial charge on any atom is -0.396 e. The van der Waals surface area contributed by atoms with Crippen LogP contribution in [0.1, 0.15) is 17.5 Å². The van der Waals surface area contributed by atoms with Gasteiger partial charge in [0.2, 0.25) is 21.8 Å². The second kappa shape index (κ2) is 12.7. The fourth-order valence-corrected chi connectivity index (χ4v) is 3.62. The molecule has 2 rings (SSSR count). The van der Waals surface area contributed by atoms with Crippen LogP contribution in [-0.4, -0.2) is 73.6 Å². The smallest absolute Gasteiger partial charge is 0.243 e. The standard InChI is InChI=1S/C23H30ClN3O5S/c1-26(33(2,31)32)17-22(29)27(16-19-9-11-20(24)12-10-19)21(23(30)25-13-6-14-28)15-18-7-4-3-5-8-18/h3-5,7-12,21,28H,6,13-17H2,1-2H3,(H,25,30). The van der Waals surface area contributed by atoms with Gasteiger partial charge in [-0.25, -0.2) is 8.42 Å². The normalized spacial score (nSPS) is 12.4. The van der Waals surface area contributed by atoms with Gasteiger partial charge in [0.15, 0.2) is 0 Å². The molecule has 8 nitrogen and oxygen atoms in total. The SMILES string of the molecule is CN(CC(=O)N(Cc1ccc(Cl)cc1)C(Cc1ccccc1)C(=O)NCCCO)S(C)(=O)=O. The quantitative estimate of drug-likeness (QED) is 0.435. The number of likely N-dealkylation sites (N-methyl/N-ethyl adjacent to an activating group) is 1. The molecule has 0 fully saturated rings. The number of carbonyl (C=O) groups excluding carboxylic acids is 2. The average Bonchev–Trinajstić information content (AvgIpc) is 2.77. The summed E-state index contributed by atoms with van der Waals surface area (Å²) in [6.45, 7) is -0.122. The topological polar surface area (TPSA) is 107 Å². The number of nitrogens with one attached hydrogen (secondary N) is 1. The van der Waals surface area contributed by atoms with E-state index in [4.69, 9.17) is 16.7 Å². The first-order valence-corrected chi connectivity index (χ1v) is 12.7. The Bertz CT molecular complexity index is 1020. The number of benzene rings is 2. The van der Waals surface area contributed by atoms with Gasteiger partial charge in [-0.3, -0.25) is 9.59 Å². The van der Waals surface area contributed by atoms with Crippen LogP contribution in [0, 0.1) is 0 Å². The molecule has 1 unspecified atom stereocenters. The van der Waals surface area contributed by atoms with Crippen molar-refractivity contribution in [3.8, 4) is 0 Å². The molecule has 0 aromatic heterocycles. The van der Waals surface area contributed by atoms with Gasteiger partial charge in [0.25, 0.3) is 0 Å². The Morgan fingerprint density at radius 3 is 2.27 bits per heavy atom. The van der Waals surface area contributed by atoms with E-state index >= 15 is 0 Å². The van der Waals surface area contributed by atoms with Gasteiger partial charge < -0.3 is 15.3 Å². The molecule has 2 aromatic carbocycles. The van der Waals surface area contributed by atoms with E-state index in [9.17, 15) is 18.0 Å². The van der Waals surface area contributed by atoms with Gasteiger partial charge in [-0.2, -0.15) is 4.31 Å². The molecule has 180 valence electrons. The number of aliphatic hydroxyl groups is 1. The molecule has 2 N–H and O–H groups in total. The number of hydrogen-bond acceptors (Lipinski definition) is 5. The monoisotopic (exact) mass is 495 g/mol. The molecule has 2 aromatic rings. The number of nitrogens with zero attached hydrogens (tertiary/aromatic N) is 2. The van der Waals surface area contributed by atoms with Crippen LogP contribution < -0.4 is 5.32 Å². The van der Waals surface area contributed by atoms with Crippen molar-refractivity contribution in [2.45, 2.75) is 25.4 Å². The summed E-state index contributed by atoms with van der Waals surface area (Å²) in [7, 11) is -2.27. The molecule has 0 spiro atoms. The van der Waals surface area contributed by atoms with E-state index in [0.717, 1.165) is 21.7 Å². The molecule has 0 aliphatic carbocycles. The lowest BCUT2D eigenvalue weighted by molar-refractivity contribution is -0.141. The van der Waals surface area contributed by atoms with Crippen molar-refractivity contribution in [2.75, 3.05) is 33.0 Å². The highest BCUT2D eigenvalue weighted by Crippen LogP contribution is 2.17. The zero-order valence-corrected chi connectivity index (χ0v) is 20.3. The molecule has 1 atom stereocenters. The van der Waals surface area contributed by atoms with Crippen molar-refractivity contribution in [1.82, 2.24) is 14.5 Å². The summed E-state index contributed by atoms with van der Waals surface area (Å²) in [4.78, 5) is 27.9. The lowest BCUT2D eigenvalue weighted by Gasteiger charge is -2.32. The highest BCUT2D eigenvalue weighted by molar-refractivity contribution is 7.88. The molecule has 0 radical (unpaired) electrons. The van der Waals surface area contributed by atoms with Crippen LogP contribution in [0.2, 0.25) is 5.02 Å². The third-order valence-electron chi connectivity index (χ3n) is 5.10. The Kier molecular flexibility index (Phi) is 10.3. The Morgan fingerprint density at radius 1 is 1.06 bits per heavy atom. The van der Waals surface area contributed by atoms with E-state index < -0.39 is 28.5 Å². The Morgan fingerprint density at radius 2 is 1.70 bits per heavy atom. The number of amides is 2. The zero-order valence-electron chi connectivity index (χ0n) is 18.8. The van der Waals surface area contributed by atoms with Crippen molar-refractivity contribution >= 4 is 33.4 Å². The zero-order chi connectivity index (χ0) is 24.4. The van der Waals surface area contributed by atoms with Crippen LogP contribution >= 0.6 is 11.6 Å². The van der Waals surface area contributed by atoms with E-state index in [1.165, 1.54) is 11.9 Å². The van der Waals surface area contributed by atoms with Crippen LogP contribution in [0.4, 0.5) is 0 Å². The second-order valence-electron chi connectivity index (χ2n) is 7.74. The molecule has 0 aliphatic heterocycles. The number of rotatable bonds is 12. The molecule has 0 aliphatic rings. The maximum atomic E-state index is 13.3. The van der Waals surface area contributed by atoms with Gasteiger partial charge in [0.05, 0.1) is 12.8 Å². The molecule has 10 heteroatoms. The maximum Gasteiger partial charge on any atom is 0.243 e. The van der Waals surface area contributed by atoms with Crippen molar-refractivity contribution in [3.63, 3.8) is 0 Å². The van der Waals surface area contributed by atoms with Crippen molar-refractivity contribution in [3.05, 3.63) is 70.7 Å². The highest BCUT2D eigenvalue weighted by Gasteiger charge is 2.31. The summed E-state index contributed by atoms with van der Waals surface area (Å²) >= 11 is 5.98. The first kappa shape index (κ1) is 26.8. The minimum atomic E-state index is -3.59. The lowest BCUT2D eigenvalue weighted by atomic mass is 10.0. The first-order valence-electron chi connectivity index (χ1n) is 10.5. The van der Waals surface area contributed by atoms with Gasteiger partial charge in [0.1, 0.15) is 6.04 Å². The largest absolute Gasteiger partial charge is 0.396 e. The van der Waals surface area contributed by atoms with E-state index in [1.807, 2.05) is 30.3 Å². The predicted molar refractivity (Wildman–Crippen MR) is 128 cm³/mol. The fourth-order valence-electron chi connectivity index (χ4n) is 3.15. The van der Waals surface area contributed by atoms with Crippen molar-refractivity contribution in [1.29, 1.82) is 0 Å². The Labute approximate surface area is 200 Å². The van der Waals surface area contributed by atoms with Crippen LogP contribution in [-0.2, 0) is 32.6 Å². The Balaban J connectivity index is 2.40. The number of carbonyl (C=O) groups is 2.